The summed E-state index contributed by atoms with van der Waals surface area (Å²) in [5.41, 5.74) is 0.894. The molecular formula is C18H27NO2. The third-order valence-corrected chi connectivity index (χ3v) is 4.57. The van der Waals surface area contributed by atoms with Gasteiger partial charge in [0.15, 0.2) is 0 Å². The van der Waals surface area contributed by atoms with E-state index < -0.39 is 0 Å². The first-order chi connectivity index (χ1) is 10.1. The average molecular weight is 289 g/mol. The predicted molar refractivity (Wildman–Crippen MR) is 84.9 cm³/mol. The maximum atomic E-state index is 11.9. The fraction of sp³-hybridized carbons (Fsp3) is 0.611. The van der Waals surface area contributed by atoms with Crippen LogP contribution in [0.3, 0.4) is 0 Å². The molecule has 3 heteroatoms. The van der Waals surface area contributed by atoms with Crippen LogP contribution in [0.25, 0.3) is 0 Å². The minimum atomic E-state index is -0.298. The van der Waals surface area contributed by atoms with Gasteiger partial charge in [-0.2, -0.15) is 0 Å². The molecule has 0 heterocycles. The zero-order valence-corrected chi connectivity index (χ0v) is 13.0. The second kappa shape index (κ2) is 7.60. The molecule has 1 aromatic carbocycles. The minimum absolute atomic E-state index is 0.0742. The van der Waals surface area contributed by atoms with Gasteiger partial charge >= 0.3 is 0 Å². The molecule has 0 aromatic heterocycles. The number of rotatable bonds is 8. The first-order valence-corrected chi connectivity index (χ1v) is 8.03. The van der Waals surface area contributed by atoms with Gasteiger partial charge in [-0.15, -0.1) is 0 Å². The van der Waals surface area contributed by atoms with Gasteiger partial charge in [0.25, 0.3) is 0 Å². The van der Waals surface area contributed by atoms with Gasteiger partial charge < -0.3 is 10.4 Å². The molecule has 0 radical (unpaired) electrons. The molecule has 1 aromatic rings. The van der Waals surface area contributed by atoms with Crippen LogP contribution in [-0.2, 0) is 11.2 Å². The number of aliphatic hydroxyl groups is 1. The summed E-state index contributed by atoms with van der Waals surface area (Å²) in [6.45, 7) is 2.62. The average Bonchev–Trinajstić information content (AvgIpc) is 2.45. The zero-order valence-electron chi connectivity index (χ0n) is 13.0. The molecule has 116 valence electrons. The van der Waals surface area contributed by atoms with E-state index in [2.05, 4.69) is 17.4 Å². The number of amides is 1. The first kappa shape index (κ1) is 16.0. The molecule has 1 atom stereocenters. The fourth-order valence-electron chi connectivity index (χ4n) is 2.78. The number of aliphatic hydroxyl groups excluding tert-OH is 1. The van der Waals surface area contributed by atoms with Crippen molar-refractivity contribution in [3.05, 3.63) is 35.9 Å². The van der Waals surface area contributed by atoms with Gasteiger partial charge in [0, 0.05) is 18.4 Å². The standard InChI is InChI=1S/C18H27NO2/c1-18(14-20,12-16-6-3-2-4-7-16)13-19-17(21)11-10-15-8-5-9-15/h2-4,6-7,15,20H,5,8-14H2,1H3,(H,19,21)/t18-/m0/s1. The zero-order chi connectivity index (χ0) is 15.1. The Kier molecular flexibility index (Phi) is 5.80. The van der Waals surface area contributed by atoms with Gasteiger partial charge in [-0.3, -0.25) is 4.79 Å². The lowest BCUT2D eigenvalue weighted by Crippen LogP contribution is -2.39. The molecule has 21 heavy (non-hydrogen) atoms. The third kappa shape index (κ3) is 5.16. The Labute approximate surface area is 127 Å². The summed E-state index contributed by atoms with van der Waals surface area (Å²) in [6.07, 6.45) is 6.31. The highest BCUT2D eigenvalue weighted by Crippen LogP contribution is 2.30. The van der Waals surface area contributed by atoms with Crippen molar-refractivity contribution in [2.75, 3.05) is 13.2 Å². The topological polar surface area (TPSA) is 49.3 Å². The highest BCUT2D eigenvalue weighted by Gasteiger charge is 2.25. The van der Waals surface area contributed by atoms with Crippen LogP contribution in [0.2, 0.25) is 0 Å². The van der Waals surface area contributed by atoms with Crippen LogP contribution in [0.1, 0.15) is 44.6 Å². The lowest BCUT2D eigenvalue weighted by molar-refractivity contribution is -0.122. The van der Waals surface area contributed by atoms with Crippen molar-refractivity contribution in [2.24, 2.45) is 11.3 Å². The van der Waals surface area contributed by atoms with Crippen molar-refractivity contribution in [1.82, 2.24) is 5.32 Å². The molecule has 0 unspecified atom stereocenters. The molecule has 3 nitrogen and oxygen atoms in total. The third-order valence-electron chi connectivity index (χ3n) is 4.57. The summed E-state index contributed by atoms with van der Waals surface area (Å²) in [7, 11) is 0. The maximum absolute atomic E-state index is 11.9. The van der Waals surface area contributed by atoms with E-state index in [1.54, 1.807) is 0 Å². The normalized spacial score (nSPS) is 17.8. The summed E-state index contributed by atoms with van der Waals surface area (Å²) >= 11 is 0. The van der Waals surface area contributed by atoms with Crippen molar-refractivity contribution in [3.63, 3.8) is 0 Å². The Morgan fingerprint density at radius 1 is 1.33 bits per heavy atom. The largest absolute Gasteiger partial charge is 0.396 e. The smallest absolute Gasteiger partial charge is 0.220 e. The van der Waals surface area contributed by atoms with E-state index in [1.165, 1.54) is 24.8 Å². The van der Waals surface area contributed by atoms with Crippen LogP contribution in [-0.4, -0.2) is 24.2 Å². The van der Waals surface area contributed by atoms with E-state index in [1.807, 2.05) is 25.1 Å². The van der Waals surface area contributed by atoms with Crippen LogP contribution in [0.4, 0.5) is 0 Å². The van der Waals surface area contributed by atoms with Gasteiger partial charge in [-0.05, 0) is 24.3 Å². The molecule has 1 aliphatic carbocycles. The summed E-state index contributed by atoms with van der Waals surface area (Å²) in [6, 6.07) is 10.1. The molecule has 0 saturated heterocycles. The molecule has 1 saturated carbocycles. The van der Waals surface area contributed by atoms with E-state index in [-0.39, 0.29) is 17.9 Å². The number of carbonyl (C=O) groups is 1. The van der Waals surface area contributed by atoms with Gasteiger partial charge in [-0.1, -0.05) is 56.5 Å². The van der Waals surface area contributed by atoms with E-state index in [4.69, 9.17) is 0 Å². The lowest BCUT2D eigenvalue weighted by Gasteiger charge is -2.28. The molecule has 1 aliphatic rings. The summed E-state index contributed by atoms with van der Waals surface area (Å²) in [4.78, 5) is 11.9. The summed E-state index contributed by atoms with van der Waals surface area (Å²) in [5.74, 6) is 0.888. The van der Waals surface area contributed by atoms with E-state index in [9.17, 15) is 9.90 Å². The van der Waals surface area contributed by atoms with Gasteiger partial charge in [-0.25, -0.2) is 0 Å². The fourth-order valence-corrected chi connectivity index (χ4v) is 2.78. The maximum Gasteiger partial charge on any atom is 0.220 e. The summed E-state index contributed by atoms with van der Waals surface area (Å²) in [5, 5.41) is 12.7. The van der Waals surface area contributed by atoms with Crippen LogP contribution >= 0.6 is 0 Å². The Hall–Kier alpha value is -1.35. The number of benzene rings is 1. The van der Waals surface area contributed by atoms with E-state index >= 15 is 0 Å². The molecule has 0 aliphatic heterocycles. The summed E-state index contributed by atoms with van der Waals surface area (Å²) < 4.78 is 0. The molecule has 0 spiro atoms. The molecule has 2 rings (SSSR count). The minimum Gasteiger partial charge on any atom is -0.396 e. The van der Waals surface area contributed by atoms with Crippen molar-refractivity contribution < 1.29 is 9.90 Å². The number of hydrogen-bond acceptors (Lipinski definition) is 2. The second-order valence-corrected chi connectivity index (χ2v) is 6.74. The van der Waals surface area contributed by atoms with E-state index in [0.717, 1.165) is 18.8 Å². The Morgan fingerprint density at radius 2 is 2.05 bits per heavy atom. The second-order valence-electron chi connectivity index (χ2n) is 6.74. The molecule has 2 N–H and O–H groups in total. The van der Waals surface area contributed by atoms with Crippen LogP contribution in [0, 0.1) is 11.3 Å². The Morgan fingerprint density at radius 3 is 2.62 bits per heavy atom. The lowest BCUT2D eigenvalue weighted by atomic mass is 9.82. The monoisotopic (exact) mass is 289 g/mol. The highest BCUT2D eigenvalue weighted by molar-refractivity contribution is 5.75. The van der Waals surface area contributed by atoms with Crippen molar-refractivity contribution in [2.45, 2.75) is 45.4 Å². The Balaban J connectivity index is 1.76. The highest BCUT2D eigenvalue weighted by atomic mass is 16.3. The van der Waals surface area contributed by atoms with Crippen molar-refractivity contribution in [3.8, 4) is 0 Å². The molecule has 1 fully saturated rings. The molecular weight excluding hydrogens is 262 g/mol. The van der Waals surface area contributed by atoms with Gasteiger partial charge in [0.1, 0.15) is 0 Å². The van der Waals surface area contributed by atoms with Crippen LogP contribution < -0.4 is 5.32 Å². The predicted octanol–water partition coefficient (Wildman–Crippen LogP) is 2.92. The van der Waals surface area contributed by atoms with Gasteiger partial charge in [0.2, 0.25) is 5.91 Å². The number of carbonyl (C=O) groups excluding carboxylic acids is 1. The number of nitrogens with one attached hydrogen (secondary N) is 1. The van der Waals surface area contributed by atoms with Crippen LogP contribution in [0.15, 0.2) is 30.3 Å². The van der Waals surface area contributed by atoms with E-state index in [0.29, 0.717) is 13.0 Å². The first-order valence-electron chi connectivity index (χ1n) is 8.03. The quantitative estimate of drug-likeness (QED) is 0.773. The molecule has 0 bridgehead atoms. The van der Waals surface area contributed by atoms with Crippen LogP contribution in [0.5, 0.6) is 0 Å². The van der Waals surface area contributed by atoms with Crippen molar-refractivity contribution in [1.29, 1.82) is 0 Å². The molecule has 1 amide bonds. The SMILES string of the molecule is C[C@@](CO)(CNC(=O)CCC1CCC1)Cc1ccccc1. The number of hydrogen-bond donors (Lipinski definition) is 2. The van der Waals surface area contributed by atoms with Gasteiger partial charge in [0.05, 0.1) is 6.61 Å². The Bertz CT molecular complexity index is 442. The van der Waals surface area contributed by atoms with Crippen molar-refractivity contribution >= 4 is 5.91 Å².